The summed E-state index contributed by atoms with van der Waals surface area (Å²) in [6, 6.07) is 3.77. The standard InChI is InChI=1S/C13H18ClFN2O2S/c1-11-10-12(15)2-3-13(11)20(18,19)17-8-6-16(5-4-14)7-9-17/h2-3,10H,4-9H2,1H3. The second-order valence-electron chi connectivity index (χ2n) is 4.84. The molecule has 20 heavy (non-hydrogen) atoms. The number of alkyl halides is 1. The molecule has 7 heteroatoms. The number of halogens is 2. The van der Waals surface area contributed by atoms with E-state index in [1.165, 1.54) is 22.5 Å². The maximum Gasteiger partial charge on any atom is 0.243 e. The second-order valence-corrected chi connectivity index (χ2v) is 7.13. The molecule has 1 aromatic rings. The van der Waals surface area contributed by atoms with Crippen molar-refractivity contribution in [3.63, 3.8) is 0 Å². The molecule has 0 aliphatic carbocycles. The first kappa shape index (κ1) is 15.7. The molecular weight excluding hydrogens is 303 g/mol. The molecule has 0 unspecified atom stereocenters. The Hall–Kier alpha value is -0.690. The minimum Gasteiger partial charge on any atom is -0.300 e. The highest BCUT2D eigenvalue weighted by Gasteiger charge is 2.29. The van der Waals surface area contributed by atoms with Gasteiger partial charge < -0.3 is 0 Å². The van der Waals surface area contributed by atoms with Crippen molar-refractivity contribution < 1.29 is 12.8 Å². The predicted molar refractivity (Wildman–Crippen MR) is 77.1 cm³/mol. The lowest BCUT2D eigenvalue weighted by molar-refractivity contribution is 0.197. The first-order chi connectivity index (χ1) is 9.45. The molecule has 0 spiro atoms. The lowest BCUT2D eigenvalue weighted by atomic mass is 10.2. The highest BCUT2D eigenvalue weighted by molar-refractivity contribution is 7.89. The molecule has 1 aliphatic heterocycles. The molecule has 4 nitrogen and oxygen atoms in total. The highest BCUT2D eigenvalue weighted by Crippen LogP contribution is 2.21. The SMILES string of the molecule is Cc1cc(F)ccc1S(=O)(=O)N1CCN(CCCl)CC1. The van der Waals surface area contributed by atoms with Gasteiger partial charge >= 0.3 is 0 Å². The minimum absolute atomic E-state index is 0.185. The Morgan fingerprint density at radius 2 is 1.90 bits per heavy atom. The topological polar surface area (TPSA) is 40.6 Å². The van der Waals surface area contributed by atoms with Crippen LogP contribution < -0.4 is 0 Å². The van der Waals surface area contributed by atoms with Gasteiger partial charge in [-0.2, -0.15) is 4.31 Å². The van der Waals surface area contributed by atoms with E-state index in [2.05, 4.69) is 4.90 Å². The Labute approximate surface area is 124 Å². The van der Waals surface area contributed by atoms with E-state index < -0.39 is 15.8 Å². The fourth-order valence-electron chi connectivity index (χ4n) is 2.35. The summed E-state index contributed by atoms with van der Waals surface area (Å²) in [7, 11) is -3.54. The first-order valence-electron chi connectivity index (χ1n) is 6.50. The fraction of sp³-hybridized carbons (Fsp3) is 0.538. The molecule has 0 aromatic heterocycles. The van der Waals surface area contributed by atoms with Crippen molar-refractivity contribution in [2.24, 2.45) is 0 Å². The molecule has 112 valence electrons. The van der Waals surface area contributed by atoms with Crippen molar-refractivity contribution in [1.29, 1.82) is 0 Å². The number of hydrogen-bond donors (Lipinski definition) is 0. The van der Waals surface area contributed by atoms with Crippen LogP contribution in [-0.4, -0.2) is 56.2 Å². The van der Waals surface area contributed by atoms with Crippen molar-refractivity contribution in [2.45, 2.75) is 11.8 Å². The van der Waals surface area contributed by atoms with Crippen LogP contribution in [0.2, 0.25) is 0 Å². The van der Waals surface area contributed by atoms with Crippen molar-refractivity contribution in [2.75, 3.05) is 38.6 Å². The maximum absolute atomic E-state index is 13.1. The van der Waals surface area contributed by atoms with Crippen LogP contribution in [0.15, 0.2) is 23.1 Å². The average molecular weight is 321 g/mol. The summed E-state index contributed by atoms with van der Waals surface area (Å²) < 4.78 is 39.6. The molecule has 1 aromatic carbocycles. The van der Waals surface area contributed by atoms with Crippen LogP contribution in [0.4, 0.5) is 4.39 Å². The largest absolute Gasteiger partial charge is 0.300 e. The number of hydrogen-bond acceptors (Lipinski definition) is 3. The Morgan fingerprint density at radius 3 is 2.45 bits per heavy atom. The molecule has 0 radical (unpaired) electrons. The zero-order chi connectivity index (χ0) is 14.8. The Morgan fingerprint density at radius 1 is 1.25 bits per heavy atom. The molecule has 1 heterocycles. The average Bonchev–Trinajstić information content (AvgIpc) is 2.39. The van der Waals surface area contributed by atoms with E-state index in [9.17, 15) is 12.8 Å². The van der Waals surface area contributed by atoms with E-state index >= 15 is 0 Å². The summed E-state index contributed by atoms with van der Waals surface area (Å²) in [4.78, 5) is 2.32. The van der Waals surface area contributed by atoms with Crippen LogP contribution in [0.1, 0.15) is 5.56 Å². The lowest BCUT2D eigenvalue weighted by Crippen LogP contribution is -2.49. The molecule has 2 rings (SSSR count). The molecule has 0 bridgehead atoms. The van der Waals surface area contributed by atoms with Crippen molar-refractivity contribution in [3.8, 4) is 0 Å². The summed E-state index contributed by atoms with van der Waals surface area (Å²) in [5.74, 6) is 0.123. The van der Waals surface area contributed by atoms with Crippen LogP contribution in [0, 0.1) is 12.7 Å². The first-order valence-corrected chi connectivity index (χ1v) is 8.47. The van der Waals surface area contributed by atoms with Crippen LogP contribution in [-0.2, 0) is 10.0 Å². The molecule has 1 fully saturated rings. The van der Waals surface area contributed by atoms with E-state index in [1.807, 2.05) is 0 Å². The van der Waals surface area contributed by atoms with Gasteiger partial charge in [0.15, 0.2) is 0 Å². The molecule has 1 aliphatic rings. The summed E-state index contributed by atoms with van der Waals surface area (Å²) in [5, 5.41) is 0. The second kappa shape index (κ2) is 6.39. The van der Waals surface area contributed by atoms with Crippen LogP contribution >= 0.6 is 11.6 Å². The zero-order valence-electron chi connectivity index (χ0n) is 11.3. The minimum atomic E-state index is -3.54. The van der Waals surface area contributed by atoms with Gasteiger partial charge in [0.1, 0.15) is 5.82 Å². The van der Waals surface area contributed by atoms with E-state index in [0.29, 0.717) is 37.6 Å². The van der Waals surface area contributed by atoms with Gasteiger partial charge in [0, 0.05) is 38.6 Å². The number of aryl methyl sites for hydroxylation is 1. The molecular formula is C13H18ClFN2O2S. The maximum atomic E-state index is 13.1. The van der Waals surface area contributed by atoms with E-state index in [-0.39, 0.29) is 4.90 Å². The summed E-state index contributed by atoms with van der Waals surface area (Å²) in [5.41, 5.74) is 0.438. The van der Waals surface area contributed by atoms with Gasteiger partial charge in [0.2, 0.25) is 10.0 Å². The quantitative estimate of drug-likeness (QED) is 0.793. The summed E-state index contributed by atoms with van der Waals surface area (Å²) in [6.45, 7) is 4.61. The fourth-order valence-corrected chi connectivity index (χ4v) is 4.22. The van der Waals surface area contributed by atoms with E-state index in [4.69, 9.17) is 11.6 Å². The number of nitrogens with zero attached hydrogens (tertiary/aromatic N) is 2. The third kappa shape index (κ3) is 3.31. The Kier molecular flexibility index (Phi) is 5.01. The van der Waals surface area contributed by atoms with E-state index in [0.717, 1.165) is 6.54 Å². The Bertz CT molecular complexity index is 572. The van der Waals surface area contributed by atoms with Crippen LogP contribution in [0.25, 0.3) is 0 Å². The third-order valence-electron chi connectivity index (χ3n) is 3.49. The normalized spacial score (nSPS) is 18.4. The molecule has 0 saturated carbocycles. The number of sulfonamides is 1. The number of piperazine rings is 1. The smallest absolute Gasteiger partial charge is 0.243 e. The third-order valence-corrected chi connectivity index (χ3v) is 5.71. The van der Waals surface area contributed by atoms with Gasteiger partial charge in [-0.3, -0.25) is 4.90 Å². The van der Waals surface area contributed by atoms with Gasteiger partial charge in [-0.15, -0.1) is 11.6 Å². The number of benzene rings is 1. The zero-order valence-corrected chi connectivity index (χ0v) is 12.9. The molecule has 0 atom stereocenters. The Balaban J connectivity index is 2.15. The van der Waals surface area contributed by atoms with Gasteiger partial charge in [-0.1, -0.05) is 0 Å². The van der Waals surface area contributed by atoms with Gasteiger partial charge in [0.05, 0.1) is 4.90 Å². The molecule has 0 N–H and O–H groups in total. The summed E-state index contributed by atoms with van der Waals surface area (Å²) in [6.07, 6.45) is 0. The van der Waals surface area contributed by atoms with Gasteiger partial charge in [-0.25, -0.2) is 12.8 Å². The van der Waals surface area contributed by atoms with Crippen LogP contribution in [0.3, 0.4) is 0 Å². The van der Waals surface area contributed by atoms with Crippen LogP contribution in [0.5, 0.6) is 0 Å². The van der Waals surface area contributed by atoms with Crippen molar-refractivity contribution in [3.05, 3.63) is 29.6 Å². The molecule has 1 saturated heterocycles. The molecule has 0 amide bonds. The van der Waals surface area contributed by atoms with Crippen molar-refractivity contribution >= 4 is 21.6 Å². The monoisotopic (exact) mass is 320 g/mol. The van der Waals surface area contributed by atoms with Gasteiger partial charge in [-0.05, 0) is 30.7 Å². The predicted octanol–water partition coefficient (Wildman–Crippen LogP) is 1.68. The van der Waals surface area contributed by atoms with Gasteiger partial charge in [0.25, 0.3) is 0 Å². The lowest BCUT2D eigenvalue weighted by Gasteiger charge is -2.33. The number of rotatable bonds is 4. The van der Waals surface area contributed by atoms with E-state index in [1.54, 1.807) is 6.92 Å². The van der Waals surface area contributed by atoms with Crippen molar-refractivity contribution in [1.82, 2.24) is 9.21 Å². The summed E-state index contributed by atoms with van der Waals surface area (Å²) >= 11 is 5.68. The highest BCUT2D eigenvalue weighted by atomic mass is 35.5.